The highest BCUT2D eigenvalue weighted by atomic mass is 32.2. The summed E-state index contributed by atoms with van der Waals surface area (Å²) in [6.07, 6.45) is 2.62. The SMILES string of the molecule is O=C(C1CCCN(S(=O)(=O)c2cccs2)C1)N1CCC1. The van der Waals surface area contributed by atoms with E-state index in [0.717, 1.165) is 32.4 Å². The molecule has 1 unspecified atom stereocenters. The van der Waals surface area contributed by atoms with Gasteiger partial charge in [0.2, 0.25) is 5.91 Å². The van der Waals surface area contributed by atoms with Crippen LogP contribution < -0.4 is 0 Å². The maximum atomic E-state index is 12.5. The van der Waals surface area contributed by atoms with Gasteiger partial charge in [0, 0.05) is 26.2 Å². The molecule has 0 bridgehead atoms. The lowest BCUT2D eigenvalue weighted by Gasteiger charge is -2.37. The second-order valence-electron chi connectivity index (χ2n) is 5.31. The largest absolute Gasteiger partial charge is 0.342 e. The predicted molar refractivity (Wildman–Crippen MR) is 77.0 cm³/mol. The van der Waals surface area contributed by atoms with E-state index in [1.165, 1.54) is 15.6 Å². The highest BCUT2D eigenvalue weighted by Crippen LogP contribution is 2.27. The van der Waals surface area contributed by atoms with E-state index in [2.05, 4.69) is 0 Å². The van der Waals surface area contributed by atoms with Gasteiger partial charge in [0.25, 0.3) is 10.0 Å². The molecule has 2 saturated heterocycles. The van der Waals surface area contributed by atoms with Crippen molar-refractivity contribution < 1.29 is 13.2 Å². The minimum absolute atomic E-state index is 0.127. The molecule has 3 rings (SSSR count). The summed E-state index contributed by atoms with van der Waals surface area (Å²) in [4.78, 5) is 14.1. The quantitative estimate of drug-likeness (QED) is 0.847. The maximum absolute atomic E-state index is 12.5. The fourth-order valence-electron chi connectivity index (χ4n) is 2.69. The lowest BCUT2D eigenvalue weighted by Crippen LogP contribution is -2.50. The zero-order chi connectivity index (χ0) is 14.2. The van der Waals surface area contributed by atoms with Gasteiger partial charge in [-0.2, -0.15) is 4.31 Å². The van der Waals surface area contributed by atoms with Crippen molar-refractivity contribution in [1.82, 2.24) is 9.21 Å². The van der Waals surface area contributed by atoms with Crippen LogP contribution in [0.4, 0.5) is 0 Å². The molecule has 2 fully saturated rings. The van der Waals surface area contributed by atoms with Crippen LogP contribution in [0, 0.1) is 5.92 Å². The van der Waals surface area contributed by atoms with E-state index < -0.39 is 10.0 Å². The Morgan fingerprint density at radius 3 is 2.65 bits per heavy atom. The number of hydrogen-bond acceptors (Lipinski definition) is 4. The van der Waals surface area contributed by atoms with Crippen molar-refractivity contribution in [3.63, 3.8) is 0 Å². The molecule has 0 saturated carbocycles. The van der Waals surface area contributed by atoms with Crippen LogP contribution in [0.5, 0.6) is 0 Å². The number of rotatable bonds is 3. The fraction of sp³-hybridized carbons (Fsp3) is 0.615. The van der Waals surface area contributed by atoms with Gasteiger partial charge in [-0.3, -0.25) is 4.79 Å². The Labute approximate surface area is 123 Å². The Bertz CT molecular complexity index is 579. The molecule has 2 aliphatic rings. The van der Waals surface area contributed by atoms with E-state index in [0.29, 0.717) is 17.3 Å². The Balaban J connectivity index is 1.73. The van der Waals surface area contributed by atoms with Crippen molar-refractivity contribution >= 4 is 27.3 Å². The summed E-state index contributed by atoms with van der Waals surface area (Å²) < 4.78 is 26.8. The molecular weight excluding hydrogens is 296 g/mol. The molecule has 1 aromatic heterocycles. The van der Waals surface area contributed by atoms with Gasteiger partial charge in [0.1, 0.15) is 4.21 Å². The Morgan fingerprint density at radius 2 is 2.05 bits per heavy atom. The summed E-state index contributed by atoms with van der Waals surface area (Å²) in [5, 5.41) is 1.76. The minimum Gasteiger partial charge on any atom is -0.342 e. The smallest absolute Gasteiger partial charge is 0.252 e. The maximum Gasteiger partial charge on any atom is 0.252 e. The number of hydrogen-bond donors (Lipinski definition) is 0. The number of carbonyl (C=O) groups excluding carboxylic acids is 1. The van der Waals surface area contributed by atoms with Crippen LogP contribution in [0.25, 0.3) is 0 Å². The van der Waals surface area contributed by atoms with Crippen LogP contribution in [0.15, 0.2) is 21.7 Å². The normalized spacial score (nSPS) is 24.4. The van der Waals surface area contributed by atoms with E-state index >= 15 is 0 Å². The summed E-state index contributed by atoms with van der Waals surface area (Å²) in [6, 6.07) is 3.37. The number of likely N-dealkylation sites (tertiary alicyclic amines) is 1. The first-order valence-corrected chi connectivity index (χ1v) is 9.23. The van der Waals surface area contributed by atoms with E-state index in [4.69, 9.17) is 0 Å². The Kier molecular flexibility index (Phi) is 3.83. The monoisotopic (exact) mass is 314 g/mol. The molecule has 0 aromatic carbocycles. The Hall–Kier alpha value is -0.920. The summed E-state index contributed by atoms with van der Waals surface area (Å²) in [7, 11) is -3.42. The Morgan fingerprint density at radius 1 is 1.25 bits per heavy atom. The second-order valence-corrected chi connectivity index (χ2v) is 8.43. The van der Waals surface area contributed by atoms with Crippen LogP contribution in [0.3, 0.4) is 0 Å². The summed E-state index contributed by atoms with van der Waals surface area (Å²) in [6.45, 7) is 2.50. The van der Waals surface area contributed by atoms with Crippen LogP contribution in [0.2, 0.25) is 0 Å². The molecule has 1 amide bonds. The molecule has 5 nitrogen and oxygen atoms in total. The van der Waals surface area contributed by atoms with Gasteiger partial charge in [-0.05, 0) is 30.7 Å². The highest BCUT2D eigenvalue weighted by molar-refractivity contribution is 7.91. The summed E-state index contributed by atoms with van der Waals surface area (Å²) >= 11 is 1.23. The molecule has 2 aliphatic heterocycles. The predicted octanol–water partition coefficient (Wildman–Crippen LogP) is 1.38. The van der Waals surface area contributed by atoms with Crippen LogP contribution in [-0.2, 0) is 14.8 Å². The zero-order valence-corrected chi connectivity index (χ0v) is 12.8. The van der Waals surface area contributed by atoms with Gasteiger partial charge in [0.05, 0.1) is 5.92 Å². The van der Waals surface area contributed by atoms with Crippen molar-refractivity contribution in [3.8, 4) is 0 Å². The number of nitrogens with zero attached hydrogens (tertiary/aromatic N) is 2. The molecule has 0 radical (unpaired) electrons. The van der Waals surface area contributed by atoms with Crippen molar-refractivity contribution in [2.45, 2.75) is 23.5 Å². The molecule has 0 spiro atoms. The first kappa shape index (κ1) is 14.0. The number of amides is 1. The molecule has 3 heterocycles. The molecule has 7 heteroatoms. The van der Waals surface area contributed by atoms with Gasteiger partial charge in [-0.1, -0.05) is 6.07 Å². The molecule has 1 atom stereocenters. The zero-order valence-electron chi connectivity index (χ0n) is 11.2. The lowest BCUT2D eigenvalue weighted by molar-refractivity contribution is -0.140. The molecule has 0 N–H and O–H groups in total. The first-order chi connectivity index (χ1) is 9.59. The van der Waals surface area contributed by atoms with Gasteiger partial charge in [0.15, 0.2) is 0 Å². The average Bonchev–Trinajstić information content (AvgIpc) is 2.91. The van der Waals surface area contributed by atoms with E-state index in [-0.39, 0.29) is 11.8 Å². The van der Waals surface area contributed by atoms with Crippen molar-refractivity contribution in [3.05, 3.63) is 17.5 Å². The summed E-state index contributed by atoms with van der Waals surface area (Å²) in [5.41, 5.74) is 0. The lowest BCUT2D eigenvalue weighted by atomic mass is 9.97. The molecule has 1 aromatic rings. The fourth-order valence-corrected chi connectivity index (χ4v) is 5.36. The number of thiophene rings is 1. The summed E-state index contributed by atoms with van der Waals surface area (Å²) in [5.74, 6) is -0.0406. The third-order valence-electron chi connectivity index (χ3n) is 3.99. The third-order valence-corrected chi connectivity index (χ3v) is 7.23. The molecule has 0 aliphatic carbocycles. The highest BCUT2D eigenvalue weighted by Gasteiger charge is 2.36. The number of sulfonamides is 1. The van der Waals surface area contributed by atoms with Gasteiger partial charge in [-0.25, -0.2) is 8.42 Å². The van der Waals surface area contributed by atoms with Crippen molar-refractivity contribution in [2.75, 3.05) is 26.2 Å². The van der Waals surface area contributed by atoms with E-state index in [1.54, 1.807) is 17.5 Å². The average molecular weight is 314 g/mol. The van der Waals surface area contributed by atoms with Crippen LogP contribution in [0.1, 0.15) is 19.3 Å². The van der Waals surface area contributed by atoms with Crippen LogP contribution >= 0.6 is 11.3 Å². The number of carbonyl (C=O) groups is 1. The van der Waals surface area contributed by atoms with E-state index in [9.17, 15) is 13.2 Å². The minimum atomic E-state index is -3.42. The van der Waals surface area contributed by atoms with Gasteiger partial charge < -0.3 is 4.90 Å². The number of piperidine rings is 1. The topological polar surface area (TPSA) is 57.7 Å². The second kappa shape index (κ2) is 5.46. The standard InChI is InChI=1S/C13H18N2O3S2/c16-13(14-6-3-7-14)11-4-1-8-15(10-11)20(17,18)12-5-2-9-19-12/h2,5,9,11H,1,3-4,6-8,10H2. The third kappa shape index (κ3) is 2.49. The molecule has 110 valence electrons. The van der Waals surface area contributed by atoms with Gasteiger partial charge >= 0.3 is 0 Å². The van der Waals surface area contributed by atoms with E-state index in [1.807, 2.05) is 4.90 Å². The van der Waals surface area contributed by atoms with Crippen LogP contribution in [-0.4, -0.2) is 49.7 Å². The van der Waals surface area contributed by atoms with Gasteiger partial charge in [-0.15, -0.1) is 11.3 Å². The first-order valence-electron chi connectivity index (χ1n) is 6.91. The van der Waals surface area contributed by atoms with Crippen molar-refractivity contribution in [2.24, 2.45) is 5.92 Å². The molecular formula is C13H18N2O3S2. The molecule has 20 heavy (non-hydrogen) atoms. The van der Waals surface area contributed by atoms with Crippen molar-refractivity contribution in [1.29, 1.82) is 0 Å².